The molecule has 0 aliphatic heterocycles. The van der Waals surface area contributed by atoms with E-state index in [0.29, 0.717) is 18.9 Å². The number of hydrogen-bond donors (Lipinski definition) is 1. The minimum atomic E-state index is -1.13. The van der Waals surface area contributed by atoms with Gasteiger partial charge in [-0.2, -0.15) is 0 Å². The average Bonchev–Trinajstić information content (AvgIpc) is 3.27. The van der Waals surface area contributed by atoms with Gasteiger partial charge in [0.2, 0.25) is 0 Å². The molecule has 2 N–H and O–H groups in total. The summed E-state index contributed by atoms with van der Waals surface area (Å²) < 4.78 is 10.4. The summed E-state index contributed by atoms with van der Waals surface area (Å²) in [4.78, 5) is 12.0. The lowest BCUT2D eigenvalue weighted by molar-refractivity contribution is -0.148. The number of esters is 1. The molecule has 104 valence electrons. The van der Waals surface area contributed by atoms with Gasteiger partial charge in [-0.3, -0.25) is 0 Å². The zero-order valence-corrected chi connectivity index (χ0v) is 11.3. The van der Waals surface area contributed by atoms with Crippen LogP contribution in [0.5, 0.6) is 0 Å². The van der Waals surface area contributed by atoms with Crippen LogP contribution in [0.3, 0.4) is 0 Å². The van der Waals surface area contributed by atoms with E-state index in [-0.39, 0.29) is 0 Å². The maximum absolute atomic E-state index is 12.0. The third kappa shape index (κ3) is 3.55. The Kier molecular flexibility index (Phi) is 4.56. The van der Waals surface area contributed by atoms with Crippen LogP contribution in [0.4, 0.5) is 0 Å². The Balaban J connectivity index is 1.99. The second-order valence-electron chi connectivity index (χ2n) is 5.10. The number of rotatable bonds is 7. The van der Waals surface area contributed by atoms with Gasteiger partial charge in [-0.15, -0.1) is 0 Å². The normalized spacial score (nSPS) is 17.8. The first-order valence-electron chi connectivity index (χ1n) is 6.67. The molecule has 1 atom stereocenters. The summed E-state index contributed by atoms with van der Waals surface area (Å²) in [5, 5.41) is 0. The van der Waals surface area contributed by atoms with Crippen LogP contribution in [0.1, 0.15) is 24.8 Å². The molecule has 1 fully saturated rings. The number of benzene rings is 1. The molecule has 0 saturated heterocycles. The summed E-state index contributed by atoms with van der Waals surface area (Å²) in [5.74, 6) is 0.288. The van der Waals surface area contributed by atoms with Crippen molar-refractivity contribution in [2.24, 2.45) is 11.7 Å². The lowest BCUT2D eigenvalue weighted by Crippen LogP contribution is -2.46. The third-order valence-corrected chi connectivity index (χ3v) is 3.53. The summed E-state index contributed by atoms with van der Waals surface area (Å²) in [6.07, 6.45) is 2.93. The topological polar surface area (TPSA) is 61.5 Å². The molecule has 4 heteroatoms. The summed E-state index contributed by atoms with van der Waals surface area (Å²) in [6, 6.07) is 9.32. The molecular formula is C15H21NO3. The number of nitrogens with two attached hydrogens (primary N) is 1. The highest BCUT2D eigenvalue weighted by Gasteiger charge is 2.37. The van der Waals surface area contributed by atoms with Gasteiger partial charge in [-0.05, 0) is 24.3 Å². The molecule has 0 bridgehead atoms. The zero-order valence-electron chi connectivity index (χ0n) is 11.3. The van der Waals surface area contributed by atoms with Crippen molar-refractivity contribution in [3.05, 3.63) is 35.9 Å². The Morgan fingerprint density at radius 1 is 1.37 bits per heavy atom. The molecule has 0 heterocycles. The Hall–Kier alpha value is -1.39. The van der Waals surface area contributed by atoms with Gasteiger partial charge in [-0.1, -0.05) is 30.3 Å². The summed E-state index contributed by atoms with van der Waals surface area (Å²) in [7, 11) is 1.36. The van der Waals surface area contributed by atoms with Crippen molar-refractivity contribution in [1.82, 2.24) is 0 Å². The highest BCUT2D eigenvalue weighted by atomic mass is 16.5. The zero-order chi connectivity index (χ0) is 13.7. The molecule has 19 heavy (non-hydrogen) atoms. The van der Waals surface area contributed by atoms with E-state index in [1.165, 1.54) is 20.0 Å². The van der Waals surface area contributed by atoms with E-state index in [1.807, 2.05) is 30.3 Å². The standard InChI is InChI=1S/C15H21NO3/c1-18-14(17)15(16,13-5-3-2-4-6-13)9-10-19-11-12-7-8-12/h2-6,12H,7-11,16H2,1H3. The van der Waals surface area contributed by atoms with E-state index >= 15 is 0 Å². The van der Waals surface area contributed by atoms with E-state index < -0.39 is 11.5 Å². The van der Waals surface area contributed by atoms with Crippen LogP contribution < -0.4 is 5.73 Å². The highest BCUT2D eigenvalue weighted by molar-refractivity contribution is 5.82. The molecule has 0 amide bonds. The molecule has 2 rings (SSSR count). The van der Waals surface area contributed by atoms with E-state index in [1.54, 1.807) is 0 Å². The molecule has 4 nitrogen and oxygen atoms in total. The predicted octanol–water partition coefficient (Wildman–Crippen LogP) is 1.83. The maximum Gasteiger partial charge on any atom is 0.330 e. The van der Waals surface area contributed by atoms with E-state index in [9.17, 15) is 4.79 Å². The first kappa shape index (κ1) is 14.0. The Morgan fingerprint density at radius 3 is 2.63 bits per heavy atom. The van der Waals surface area contributed by atoms with Crippen molar-refractivity contribution in [2.75, 3.05) is 20.3 Å². The van der Waals surface area contributed by atoms with Crippen LogP contribution in [0.25, 0.3) is 0 Å². The summed E-state index contributed by atoms with van der Waals surface area (Å²) >= 11 is 0. The molecule has 1 aromatic rings. The van der Waals surface area contributed by atoms with Crippen molar-refractivity contribution in [3.63, 3.8) is 0 Å². The number of hydrogen-bond acceptors (Lipinski definition) is 4. The van der Waals surface area contributed by atoms with Gasteiger partial charge in [-0.25, -0.2) is 4.79 Å². The molecule has 1 aromatic carbocycles. The largest absolute Gasteiger partial charge is 0.467 e. The quantitative estimate of drug-likeness (QED) is 0.602. The molecular weight excluding hydrogens is 242 g/mol. The van der Waals surface area contributed by atoms with Crippen molar-refractivity contribution < 1.29 is 14.3 Å². The van der Waals surface area contributed by atoms with Gasteiger partial charge in [0.05, 0.1) is 7.11 Å². The molecule has 0 spiro atoms. The first-order valence-corrected chi connectivity index (χ1v) is 6.67. The molecule has 1 aliphatic rings. The van der Waals surface area contributed by atoms with Crippen LogP contribution in [0, 0.1) is 5.92 Å². The number of methoxy groups -OCH3 is 1. The van der Waals surface area contributed by atoms with Crippen molar-refractivity contribution >= 4 is 5.97 Å². The Labute approximate surface area is 113 Å². The summed E-state index contributed by atoms with van der Waals surface area (Å²) in [6.45, 7) is 1.24. The third-order valence-electron chi connectivity index (χ3n) is 3.53. The second kappa shape index (κ2) is 6.17. The smallest absolute Gasteiger partial charge is 0.330 e. The lowest BCUT2D eigenvalue weighted by Gasteiger charge is -2.27. The van der Waals surface area contributed by atoms with Gasteiger partial charge >= 0.3 is 5.97 Å². The van der Waals surface area contributed by atoms with Gasteiger partial charge in [0.15, 0.2) is 0 Å². The van der Waals surface area contributed by atoms with Crippen molar-refractivity contribution in [3.8, 4) is 0 Å². The average molecular weight is 263 g/mol. The number of ether oxygens (including phenoxy) is 2. The molecule has 1 saturated carbocycles. The van der Waals surface area contributed by atoms with Crippen LogP contribution in [-0.4, -0.2) is 26.3 Å². The molecule has 0 aromatic heterocycles. The predicted molar refractivity (Wildman–Crippen MR) is 72.5 cm³/mol. The minimum Gasteiger partial charge on any atom is -0.467 e. The number of carbonyl (C=O) groups is 1. The number of carbonyl (C=O) groups excluding carboxylic acids is 1. The summed E-state index contributed by atoms with van der Waals surface area (Å²) in [5.41, 5.74) is 5.89. The van der Waals surface area contributed by atoms with Crippen molar-refractivity contribution in [2.45, 2.75) is 24.8 Å². The van der Waals surface area contributed by atoms with Gasteiger partial charge in [0.25, 0.3) is 0 Å². The first-order chi connectivity index (χ1) is 9.16. The molecule has 1 aliphatic carbocycles. The lowest BCUT2D eigenvalue weighted by atomic mass is 9.88. The van der Waals surface area contributed by atoms with Gasteiger partial charge in [0, 0.05) is 19.6 Å². The van der Waals surface area contributed by atoms with Crippen molar-refractivity contribution in [1.29, 1.82) is 0 Å². The van der Waals surface area contributed by atoms with E-state index in [4.69, 9.17) is 15.2 Å². The maximum atomic E-state index is 12.0. The second-order valence-corrected chi connectivity index (χ2v) is 5.10. The fourth-order valence-electron chi connectivity index (χ4n) is 2.05. The highest BCUT2D eigenvalue weighted by Crippen LogP contribution is 2.29. The van der Waals surface area contributed by atoms with E-state index in [2.05, 4.69) is 0 Å². The van der Waals surface area contributed by atoms with Crippen LogP contribution in [0.15, 0.2) is 30.3 Å². The molecule has 0 radical (unpaired) electrons. The fourth-order valence-corrected chi connectivity index (χ4v) is 2.05. The minimum absolute atomic E-state index is 0.422. The van der Waals surface area contributed by atoms with Gasteiger partial charge < -0.3 is 15.2 Å². The fraction of sp³-hybridized carbons (Fsp3) is 0.533. The monoisotopic (exact) mass is 263 g/mol. The molecule has 1 unspecified atom stereocenters. The van der Waals surface area contributed by atoms with Crippen LogP contribution >= 0.6 is 0 Å². The van der Waals surface area contributed by atoms with Crippen LogP contribution in [-0.2, 0) is 19.8 Å². The van der Waals surface area contributed by atoms with Gasteiger partial charge in [0.1, 0.15) is 5.54 Å². The Morgan fingerprint density at radius 2 is 2.05 bits per heavy atom. The van der Waals surface area contributed by atoms with E-state index in [0.717, 1.165) is 12.2 Å². The Bertz CT molecular complexity index is 417. The SMILES string of the molecule is COC(=O)C(N)(CCOCC1CC1)c1ccccc1. The van der Waals surface area contributed by atoms with Crippen LogP contribution in [0.2, 0.25) is 0 Å².